The number of halogens is 1. The SMILES string of the molecule is CC1CCC(C2CCC(C3CCC(CCC/C=C/CCF)CC3)CC2)CC1. The maximum Gasteiger partial charge on any atom is 0.0928 e. The van der Waals surface area contributed by atoms with Gasteiger partial charge >= 0.3 is 0 Å². The molecule has 0 aromatic heterocycles. The van der Waals surface area contributed by atoms with Crippen molar-refractivity contribution in [2.24, 2.45) is 35.5 Å². The van der Waals surface area contributed by atoms with Crippen LogP contribution < -0.4 is 0 Å². The van der Waals surface area contributed by atoms with Crippen LogP contribution in [0.4, 0.5) is 4.39 Å². The number of unbranched alkanes of at least 4 members (excludes halogenated alkanes) is 1. The summed E-state index contributed by atoms with van der Waals surface area (Å²) in [5.41, 5.74) is 0. The lowest BCUT2D eigenvalue weighted by Crippen LogP contribution is -2.29. The van der Waals surface area contributed by atoms with E-state index in [1.165, 1.54) is 64.2 Å². The van der Waals surface area contributed by atoms with Crippen molar-refractivity contribution in [2.75, 3.05) is 6.67 Å². The van der Waals surface area contributed by atoms with Crippen LogP contribution in [-0.4, -0.2) is 6.67 Å². The van der Waals surface area contributed by atoms with Crippen LogP contribution in [0.15, 0.2) is 12.2 Å². The number of hydrogen-bond donors (Lipinski definition) is 0. The molecule has 0 spiro atoms. The summed E-state index contributed by atoms with van der Waals surface area (Å²) >= 11 is 0. The van der Waals surface area contributed by atoms with Crippen LogP contribution in [0.3, 0.4) is 0 Å². The first kappa shape index (κ1) is 21.4. The summed E-state index contributed by atoms with van der Waals surface area (Å²) in [7, 11) is 0. The summed E-state index contributed by atoms with van der Waals surface area (Å²) in [4.78, 5) is 0. The lowest BCUT2D eigenvalue weighted by Gasteiger charge is -2.41. The Labute approximate surface area is 168 Å². The second-order valence-corrected chi connectivity index (χ2v) is 10.4. The second kappa shape index (κ2) is 11.6. The summed E-state index contributed by atoms with van der Waals surface area (Å²) in [5.74, 6) is 6.26. The molecule has 0 aliphatic heterocycles. The molecule has 3 saturated carbocycles. The Morgan fingerprint density at radius 1 is 0.630 bits per heavy atom. The van der Waals surface area contributed by atoms with E-state index < -0.39 is 0 Å². The van der Waals surface area contributed by atoms with E-state index in [1.807, 2.05) is 6.08 Å². The van der Waals surface area contributed by atoms with Gasteiger partial charge in [-0.05, 0) is 106 Å². The van der Waals surface area contributed by atoms with Crippen LogP contribution in [0.2, 0.25) is 0 Å². The van der Waals surface area contributed by atoms with Crippen LogP contribution in [0.1, 0.15) is 110 Å². The second-order valence-electron chi connectivity index (χ2n) is 10.4. The zero-order valence-electron chi connectivity index (χ0n) is 18.0. The van der Waals surface area contributed by atoms with E-state index in [0.29, 0.717) is 6.42 Å². The maximum atomic E-state index is 12.1. The van der Waals surface area contributed by atoms with Crippen LogP contribution >= 0.6 is 0 Å². The summed E-state index contributed by atoms with van der Waals surface area (Å²) in [6.07, 6.45) is 26.9. The fourth-order valence-corrected chi connectivity index (χ4v) is 6.62. The standard InChI is InChI=1S/C26H45F/c1-21-8-12-23(13-9-21)25-16-18-26(19-17-25)24-14-10-22(11-15-24)7-5-3-2-4-6-20-27/h2,4,21-26H,3,5-20H2,1H3/b4-2+. The molecule has 156 valence electrons. The number of alkyl halides is 1. The number of allylic oxidation sites excluding steroid dienone is 2. The summed E-state index contributed by atoms with van der Waals surface area (Å²) < 4.78 is 12.1. The first-order valence-corrected chi connectivity index (χ1v) is 12.5. The third-order valence-electron chi connectivity index (χ3n) is 8.53. The van der Waals surface area contributed by atoms with Gasteiger partial charge in [-0.15, -0.1) is 0 Å². The van der Waals surface area contributed by atoms with E-state index in [9.17, 15) is 4.39 Å². The van der Waals surface area contributed by atoms with Crippen LogP contribution in [0, 0.1) is 35.5 Å². The van der Waals surface area contributed by atoms with Gasteiger partial charge in [0.15, 0.2) is 0 Å². The average molecular weight is 377 g/mol. The Morgan fingerprint density at radius 2 is 1.07 bits per heavy atom. The van der Waals surface area contributed by atoms with E-state index in [0.717, 1.165) is 41.9 Å². The molecule has 0 aromatic carbocycles. The largest absolute Gasteiger partial charge is 0.251 e. The lowest BCUT2D eigenvalue weighted by atomic mass is 9.65. The molecule has 27 heavy (non-hydrogen) atoms. The van der Waals surface area contributed by atoms with Crippen molar-refractivity contribution >= 4 is 0 Å². The molecule has 0 N–H and O–H groups in total. The van der Waals surface area contributed by atoms with E-state index in [4.69, 9.17) is 0 Å². The predicted octanol–water partition coefficient (Wildman–Crippen LogP) is 8.51. The fourth-order valence-electron chi connectivity index (χ4n) is 6.62. The normalized spacial score (nSPS) is 38.3. The molecule has 0 heterocycles. The van der Waals surface area contributed by atoms with Gasteiger partial charge in [0, 0.05) is 0 Å². The molecule has 0 aromatic rings. The summed E-state index contributed by atoms with van der Waals surface area (Å²) in [6.45, 7) is 2.25. The van der Waals surface area contributed by atoms with Gasteiger partial charge in [-0.3, -0.25) is 4.39 Å². The van der Waals surface area contributed by atoms with Gasteiger partial charge in [-0.25, -0.2) is 0 Å². The molecule has 3 aliphatic rings. The average Bonchev–Trinajstić information content (AvgIpc) is 2.72. The zero-order chi connectivity index (χ0) is 18.9. The van der Waals surface area contributed by atoms with E-state index in [-0.39, 0.29) is 6.67 Å². The van der Waals surface area contributed by atoms with Crippen molar-refractivity contribution in [3.05, 3.63) is 12.2 Å². The summed E-state index contributed by atoms with van der Waals surface area (Å²) in [5, 5.41) is 0. The Hall–Kier alpha value is -0.330. The Morgan fingerprint density at radius 3 is 1.59 bits per heavy atom. The van der Waals surface area contributed by atoms with Gasteiger partial charge in [-0.1, -0.05) is 51.2 Å². The minimum absolute atomic E-state index is 0.206. The van der Waals surface area contributed by atoms with E-state index >= 15 is 0 Å². The highest BCUT2D eigenvalue weighted by molar-refractivity contribution is 4.86. The first-order valence-electron chi connectivity index (χ1n) is 12.5. The molecular weight excluding hydrogens is 331 g/mol. The summed E-state index contributed by atoms with van der Waals surface area (Å²) in [6, 6.07) is 0. The van der Waals surface area contributed by atoms with Gasteiger partial charge in [0.1, 0.15) is 0 Å². The molecular formula is C26H45F. The van der Waals surface area contributed by atoms with Crippen molar-refractivity contribution in [1.29, 1.82) is 0 Å². The Kier molecular flexibility index (Phi) is 9.20. The van der Waals surface area contributed by atoms with Crippen molar-refractivity contribution in [3.63, 3.8) is 0 Å². The van der Waals surface area contributed by atoms with Gasteiger partial charge in [0.2, 0.25) is 0 Å². The molecule has 0 radical (unpaired) electrons. The molecule has 3 rings (SSSR count). The van der Waals surface area contributed by atoms with Crippen molar-refractivity contribution in [1.82, 2.24) is 0 Å². The van der Waals surface area contributed by atoms with Crippen molar-refractivity contribution in [2.45, 2.75) is 110 Å². The van der Waals surface area contributed by atoms with Gasteiger partial charge in [-0.2, -0.15) is 0 Å². The van der Waals surface area contributed by atoms with Gasteiger partial charge in [0.25, 0.3) is 0 Å². The smallest absolute Gasteiger partial charge is 0.0928 e. The predicted molar refractivity (Wildman–Crippen MR) is 116 cm³/mol. The number of rotatable bonds is 8. The highest BCUT2D eigenvalue weighted by atomic mass is 19.1. The molecule has 3 fully saturated rings. The minimum atomic E-state index is -0.206. The van der Waals surface area contributed by atoms with Crippen LogP contribution in [-0.2, 0) is 0 Å². The maximum absolute atomic E-state index is 12.1. The van der Waals surface area contributed by atoms with Crippen LogP contribution in [0.25, 0.3) is 0 Å². The topological polar surface area (TPSA) is 0 Å². The fraction of sp³-hybridized carbons (Fsp3) is 0.923. The third kappa shape index (κ3) is 6.90. The lowest BCUT2D eigenvalue weighted by molar-refractivity contribution is 0.105. The minimum Gasteiger partial charge on any atom is -0.251 e. The molecule has 0 saturated heterocycles. The monoisotopic (exact) mass is 376 g/mol. The molecule has 3 aliphatic carbocycles. The molecule has 0 nitrogen and oxygen atoms in total. The highest BCUT2D eigenvalue weighted by Crippen LogP contribution is 2.46. The van der Waals surface area contributed by atoms with Crippen LogP contribution in [0.5, 0.6) is 0 Å². The van der Waals surface area contributed by atoms with E-state index in [1.54, 1.807) is 25.7 Å². The van der Waals surface area contributed by atoms with Crippen molar-refractivity contribution < 1.29 is 4.39 Å². The first-order chi connectivity index (χ1) is 13.3. The molecule has 0 unspecified atom stereocenters. The molecule has 1 heteroatoms. The Balaban J connectivity index is 1.28. The Bertz CT molecular complexity index is 404. The van der Waals surface area contributed by atoms with Crippen molar-refractivity contribution in [3.8, 4) is 0 Å². The molecule has 0 atom stereocenters. The van der Waals surface area contributed by atoms with Gasteiger partial charge < -0.3 is 0 Å². The quantitative estimate of drug-likeness (QED) is 0.294. The van der Waals surface area contributed by atoms with E-state index in [2.05, 4.69) is 13.0 Å². The molecule has 0 amide bonds. The van der Waals surface area contributed by atoms with Gasteiger partial charge in [0.05, 0.1) is 6.67 Å². The zero-order valence-corrected chi connectivity index (χ0v) is 18.0. The number of hydrogen-bond acceptors (Lipinski definition) is 0. The third-order valence-corrected chi connectivity index (χ3v) is 8.53. The molecule has 0 bridgehead atoms. The highest BCUT2D eigenvalue weighted by Gasteiger charge is 2.34.